The molecule has 0 fully saturated rings. The molecule has 0 saturated heterocycles. The van der Waals surface area contributed by atoms with Crippen LogP contribution < -0.4 is 5.73 Å². The molecule has 0 radical (unpaired) electrons. The second-order valence-electron chi connectivity index (χ2n) is 3.47. The van der Waals surface area contributed by atoms with Crippen LogP contribution in [0.3, 0.4) is 0 Å². The third-order valence-corrected chi connectivity index (χ3v) is 2.71. The number of aromatic nitrogens is 1. The number of nitrogens with two attached hydrogens (primary N) is 1. The van der Waals surface area contributed by atoms with Crippen LogP contribution >= 0.6 is 36.4 Å². The van der Waals surface area contributed by atoms with E-state index in [-0.39, 0.29) is 24.8 Å². The van der Waals surface area contributed by atoms with Crippen molar-refractivity contribution in [2.45, 2.75) is 19.5 Å². The van der Waals surface area contributed by atoms with Crippen molar-refractivity contribution < 1.29 is 0 Å². The first kappa shape index (κ1) is 18.3. The summed E-state index contributed by atoms with van der Waals surface area (Å²) in [5, 5.41) is 0.712. The highest BCUT2D eigenvalue weighted by molar-refractivity contribution is 6.31. The lowest BCUT2D eigenvalue weighted by Crippen LogP contribution is -2.34. The molecule has 0 bridgehead atoms. The van der Waals surface area contributed by atoms with E-state index in [9.17, 15) is 0 Å². The summed E-state index contributed by atoms with van der Waals surface area (Å²) < 4.78 is 0. The van der Waals surface area contributed by atoms with E-state index in [0.29, 0.717) is 17.6 Å². The van der Waals surface area contributed by atoms with Gasteiger partial charge in [-0.25, -0.2) is 0 Å². The molecule has 0 amide bonds. The first-order chi connectivity index (χ1) is 6.65. The van der Waals surface area contributed by atoms with Gasteiger partial charge >= 0.3 is 0 Å². The minimum Gasteiger partial charge on any atom is -0.329 e. The molecule has 1 heterocycles. The SMILES string of the molecule is CC(CN)N(C)Cc1ccncc1Cl.Cl.Cl. The van der Waals surface area contributed by atoms with Crippen molar-refractivity contribution in [3.63, 3.8) is 0 Å². The summed E-state index contributed by atoms with van der Waals surface area (Å²) in [6, 6.07) is 2.29. The van der Waals surface area contributed by atoms with Crippen molar-refractivity contribution in [2.75, 3.05) is 13.6 Å². The lowest BCUT2D eigenvalue weighted by molar-refractivity contribution is 0.255. The highest BCUT2D eigenvalue weighted by Crippen LogP contribution is 2.15. The molecule has 0 aliphatic rings. The molecule has 1 atom stereocenters. The Hall–Kier alpha value is -0.0600. The fourth-order valence-electron chi connectivity index (χ4n) is 1.14. The van der Waals surface area contributed by atoms with Crippen molar-refractivity contribution in [3.8, 4) is 0 Å². The summed E-state index contributed by atoms with van der Waals surface area (Å²) in [5.74, 6) is 0. The van der Waals surface area contributed by atoms with Crippen molar-refractivity contribution in [1.82, 2.24) is 9.88 Å². The molecule has 1 rings (SSSR count). The quantitative estimate of drug-likeness (QED) is 0.924. The molecule has 0 aromatic carbocycles. The van der Waals surface area contributed by atoms with E-state index in [2.05, 4.69) is 16.8 Å². The Balaban J connectivity index is 0. The number of nitrogens with zero attached hydrogens (tertiary/aromatic N) is 2. The second kappa shape index (κ2) is 9.02. The van der Waals surface area contributed by atoms with Gasteiger partial charge in [-0.1, -0.05) is 11.6 Å². The van der Waals surface area contributed by atoms with E-state index in [1.54, 1.807) is 12.4 Å². The zero-order valence-corrected chi connectivity index (χ0v) is 11.8. The lowest BCUT2D eigenvalue weighted by atomic mass is 10.2. The van der Waals surface area contributed by atoms with Gasteiger partial charge in [-0.2, -0.15) is 0 Å². The molecular weight excluding hydrogens is 268 g/mol. The normalized spacial score (nSPS) is 11.6. The van der Waals surface area contributed by atoms with Crippen molar-refractivity contribution in [1.29, 1.82) is 0 Å². The van der Waals surface area contributed by atoms with E-state index in [4.69, 9.17) is 17.3 Å². The molecule has 2 N–H and O–H groups in total. The maximum absolute atomic E-state index is 6.00. The fraction of sp³-hybridized carbons (Fsp3) is 0.500. The number of halogens is 3. The first-order valence-electron chi connectivity index (χ1n) is 4.64. The van der Waals surface area contributed by atoms with E-state index in [1.807, 2.05) is 13.1 Å². The monoisotopic (exact) mass is 285 g/mol. The van der Waals surface area contributed by atoms with Gasteiger partial charge in [0, 0.05) is 31.5 Å². The molecule has 3 nitrogen and oxygen atoms in total. The van der Waals surface area contributed by atoms with E-state index >= 15 is 0 Å². The van der Waals surface area contributed by atoms with Gasteiger partial charge in [0.25, 0.3) is 0 Å². The predicted molar refractivity (Wildman–Crippen MR) is 73.7 cm³/mol. The minimum atomic E-state index is 0. The summed E-state index contributed by atoms with van der Waals surface area (Å²) in [4.78, 5) is 6.11. The average molecular weight is 287 g/mol. The molecule has 1 unspecified atom stereocenters. The lowest BCUT2D eigenvalue weighted by Gasteiger charge is -2.23. The summed E-state index contributed by atoms with van der Waals surface area (Å²) in [6.45, 7) is 3.55. The zero-order valence-electron chi connectivity index (χ0n) is 9.39. The molecule has 0 saturated carbocycles. The topological polar surface area (TPSA) is 42.1 Å². The number of likely N-dealkylation sites (N-methyl/N-ethyl adjacent to an activating group) is 1. The highest BCUT2D eigenvalue weighted by atomic mass is 35.5. The van der Waals surface area contributed by atoms with Crippen LogP contribution in [0.5, 0.6) is 0 Å². The van der Waals surface area contributed by atoms with E-state index in [0.717, 1.165) is 12.1 Å². The van der Waals surface area contributed by atoms with Gasteiger partial charge in [0.2, 0.25) is 0 Å². The van der Waals surface area contributed by atoms with Crippen LogP contribution in [0.4, 0.5) is 0 Å². The summed E-state index contributed by atoms with van der Waals surface area (Å²) in [6.07, 6.45) is 3.42. The number of pyridine rings is 1. The predicted octanol–water partition coefficient (Wildman–Crippen LogP) is 2.36. The third-order valence-electron chi connectivity index (χ3n) is 2.37. The fourth-order valence-corrected chi connectivity index (χ4v) is 1.32. The third kappa shape index (κ3) is 5.32. The number of rotatable bonds is 4. The molecule has 16 heavy (non-hydrogen) atoms. The van der Waals surface area contributed by atoms with Gasteiger partial charge in [0.15, 0.2) is 0 Å². The van der Waals surface area contributed by atoms with Gasteiger partial charge < -0.3 is 5.73 Å². The first-order valence-corrected chi connectivity index (χ1v) is 5.01. The van der Waals surface area contributed by atoms with Gasteiger partial charge in [-0.05, 0) is 25.6 Å². The Morgan fingerprint density at radius 3 is 2.62 bits per heavy atom. The molecule has 0 aliphatic heterocycles. The number of hydrogen-bond acceptors (Lipinski definition) is 3. The summed E-state index contributed by atoms with van der Waals surface area (Å²) in [5.41, 5.74) is 6.67. The Morgan fingerprint density at radius 1 is 1.50 bits per heavy atom. The molecule has 94 valence electrons. The Morgan fingerprint density at radius 2 is 2.12 bits per heavy atom. The Labute approximate surface area is 114 Å². The zero-order chi connectivity index (χ0) is 10.6. The largest absolute Gasteiger partial charge is 0.329 e. The number of hydrogen-bond donors (Lipinski definition) is 1. The minimum absolute atomic E-state index is 0. The maximum atomic E-state index is 6.00. The van der Waals surface area contributed by atoms with E-state index in [1.165, 1.54) is 0 Å². The molecule has 1 aromatic heterocycles. The van der Waals surface area contributed by atoms with Crippen LogP contribution in [0.2, 0.25) is 5.02 Å². The molecular formula is C10H18Cl3N3. The Kier molecular flexibility index (Phi) is 10.3. The van der Waals surface area contributed by atoms with Crippen LogP contribution in [-0.2, 0) is 6.54 Å². The van der Waals surface area contributed by atoms with Crippen LogP contribution in [0.15, 0.2) is 18.5 Å². The molecule has 1 aromatic rings. The van der Waals surface area contributed by atoms with Crippen molar-refractivity contribution in [2.24, 2.45) is 5.73 Å². The standard InChI is InChI=1S/C10H16ClN3.2ClH/c1-8(5-12)14(2)7-9-3-4-13-6-10(9)11;;/h3-4,6,8H,5,7,12H2,1-2H3;2*1H. The van der Waals surface area contributed by atoms with Gasteiger partial charge in [0.05, 0.1) is 5.02 Å². The molecule has 0 aliphatic carbocycles. The summed E-state index contributed by atoms with van der Waals surface area (Å²) in [7, 11) is 2.04. The van der Waals surface area contributed by atoms with Crippen molar-refractivity contribution in [3.05, 3.63) is 29.0 Å². The highest BCUT2D eigenvalue weighted by Gasteiger charge is 2.09. The van der Waals surface area contributed by atoms with Crippen LogP contribution in [0, 0.1) is 0 Å². The van der Waals surface area contributed by atoms with Gasteiger partial charge in [0.1, 0.15) is 0 Å². The molecule has 0 spiro atoms. The van der Waals surface area contributed by atoms with E-state index < -0.39 is 0 Å². The Bertz CT molecular complexity index is 296. The van der Waals surface area contributed by atoms with Crippen LogP contribution in [-0.4, -0.2) is 29.5 Å². The van der Waals surface area contributed by atoms with Gasteiger partial charge in [-0.3, -0.25) is 9.88 Å². The molecule has 6 heteroatoms. The van der Waals surface area contributed by atoms with Gasteiger partial charge in [-0.15, -0.1) is 24.8 Å². The smallest absolute Gasteiger partial charge is 0.0634 e. The summed E-state index contributed by atoms with van der Waals surface area (Å²) >= 11 is 6.00. The van der Waals surface area contributed by atoms with Crippen LogP contribution in [0.25, 0.3) is 0 Å². The maximum Gasteiger partial charge on any atom is 0.0634 e. The average Bonchev–Trinajstić information content (AvgIpc) is 2.20. The van der Waals surface area contributed by atoms with Crippen LogP contribution in [0.1, 0.15) is 12.5 Å². The second-order valence-corrected chi connectivity index (χ2v) is 3.87. The van der Waals surface area contributed by atoms with Crippen molar-refractivity contribution >= 4 is 36.4 Å².